The van der Waals surface area contributed by atoms with E-state index in [-0.39, 0.29) is 24.9 Å². The van der Waals surface area contributed by atoms with Gasteiger partial charge in [-0.3, -0.25) is 14.4 Å². The normalized spacial score (nSPS) is 15.9. The lowest BCUT2D eigenvalue weighted by Crippen LogP contribution is -2.43. The van der Waals surface area contributed by atoms with Crippen molar-refractivity contribution >= 4 is 17.8 Å². The molecule has 0 N–H and O–H groups in total. The Labute approximate surface area is 113 Å². The number of hydrogen-bond donors (Lipinski definition) is 0. The van der Waals surface area contributed by atoms with Crippen LogP contribution in [0.4, 0.5) is 0 Å². The molecule has 0 aromatic heterocycles. The molecule has 0 spiro atoms. The van der Waals surface area contributed by atoms with Crippen LogP contribution in [-0.4, -0.2) is 60.9 Å². The van der Waals surface area contributed by atoms with Gasteiger partial charge in [-0.2, -0.15) is 0 Å². The Morgan fingerprint density at radius 3 is 2.74 bits per heavy atom. The molecule has 0 aromatic carbocycles. The first-order chi connectivity index (χ1) is 9.04. The van der Waals surface area contributed by atoms with Gasteiger partial charge < -0.3 is 14.5 Å². The molecule has 108 valence electrons. The highest BCUT2D eigenvalue weighted by Gasteiger charge is 2.22. The Morgan fingerprint density at radius 1 is 1.32 bits per heavy atom. The predicted molar refractivity (Wildman–Crippen MR) is 69.3 cm³/mol. The molecule has 6 heteroatoms. The molecule has 1 rings (SSSR count). The van der Waals surface area contributed by atoms with Crippen molar-refractivity contribution in [2.24, 2.45) is 0 Å². The van der Waals surface area contributed by atoms with Gasteiger partial charge >= 0.3 is 5.97 Å². The fraction of sp³-hybridized carbons (Fsp3) is 0.769. The fourth-order valence-corrected chi connectivity index (χ4v) is 1.98. The van der Waals surface area contributed by atoms with Crippen molar-refractivity contribution in [2.45, 2.75) is 32.6 Å². The molecule has 0 aliphatic carbocycles. The standard InChI is InChI=1S/C13H22N2O4/c1-3-19-13(18)10-14(2)12(17)9-15-8-6-4-5-7-11(15)16/h3-10H2,1-2H3. The molecule has 2 amide bonds. The second kappa shape index (κ2) is 7.76. The van der Waals surface area contributed by atoms with Crippen molar-refractivity contribution in [1.29, 1.82) is 0 Å². The number of esters is 1. The van der Waals surface area contributed by atoms with Crippen LogP contribution in [0.3, 0.4) is 0 Å². The molecule has 1 aliphatic heterocycles. The first kappa shape index (κ1) is 15.5. The third-order valence-electron chi connectivity index (χ3n) is 3.09. The minimum absolute atomic E-state index is 0.0235. The second-order valence-corrected chi connectivity index (χ2v) is 4.68. The number of nitrogens with zero attached hydrogens (tertiary/aromatic N) is 2. The summed E-state index contributed by atoms with van der Waals surface area (Å²) in [5, 5.41) is 0. The van der Waals surface area contributed by atoms with Gasteiger partial charge in [0.15, 0.2) is 0 Å². The molecule has 19 heavy (non-hydrogen) atoms. The maximum atomic E-state index is 11.9. The monoisotopic (exact) mass is 270 g/mol. The quantitative estimate of drug-likeness (QED) is 0.679. The van der Waals surface area contributed by atoms with E-state index in [1.807, 2.05) is 0 Å². The highest BCUT2D eigenvalue weighted by atomic mass is 16.5. The maximum Gasteiger partial charge on any atom is 0.325 e. The van der Waals surface area contributed by atoms with Crippen LogP contribution in [0.1, 0.15) is 32.6 Å². The maximum absolute atomic E-state index is 11.9. The van der Waals surface area contributed by atoms with Crippen LogP contribution in [0, 0.1) is 0 Å². The highest BCUT2D eigenvalue weighted by Crippen LogP contribution is 2.11. The Hall–Kier alpha value is -1.59. The van der Waals surface area contributed by atoms with Gasteiger partial charge in [-0.15, -0.1) is 0 Å². The summed E-state index contributed by atoms with van der Waals surface area (Å²) in [7, 11) is 1.54. The molecule has 1 aliphatic rings. The Bertz CT molecular complexity index is 344. The lowest BCUT2D eigenvalue weighted by atomic mass is 10.2. The topological polar surface area (TPSA) is 66.9 Å². The average molecular weight is 270 g/mol. The zero-order valence-corrected chi connectivity index (χ0v) is 11.7. The van der Waals surface area contributed by atoms with Gasteiger partial charge in [0.1, 0.15) is 6.54 Å². The van der Waals surface area contributed by atoms with E-state index in [1.165, 1.54) is 4.90 Å². The summed E-state index contributed by atoms with van der Waals surface area (Å²) < 4.78 is 4.78. The van der Waals surface area contributed by atoms with Crippen LogP contribution in [0.5, 0.6) is 0 Å². The van der Waals surface area contributed by atoms with Gasteiger partial charge in [-0.25, -0.2) is 0 Å². The van der Waals surface area contributed by atoms with E-state index < -0.39 is 5.97 Å². The lowest BCUT2D eigenvalue weighted by molar-refractivity contribution is -0.149. The summed E-state index contributed by atoms with van der Waals surface area (Å²) in [6, 6.07) is 0. The van der Waals surface area contributed by atoms with E-state index in [0.717, 1.165) is 19.3 Å². The molecule has 1 saturated heterocycles. The van der Waals surface area contributed by atoms with Crippen molar-refractivity contribution in [3.63, 3.8) is 0 Å². The Morgan fingerprint density at radius 2 is 2.05 bits per heavy atom. The zero-order chi connectivity index (χ0) is 14.3. The third kappa shape index (κ3) is 5.28. The SMILES string of the molecule is CCOC(=O)CN(C)C(=O)CN1CCCCCC1=O. The summed E-state index contributed by atoms with van der Waals surface area (Å²) >= 11 is 0. The number of amides is 2. The molecule has 0 saturated carbocycles. The molecule has 1 heterocycles. The summed E-state index contributed by atoms with van der Waals surface area (Å²) in [5.74, 6) is -0.640. The van der Waals surface area contributed by atoms with E-state index in [0.29, 0.717) is 19.6 Å². The number of rotatable bonds is 5. The van der Waals surface area contributed by atoms with E-state index in [1.54, 1.807) is 18.9 Å². The van der Waals surface area contributed by atoms with Crippen LogP contribution in [0.25, 0.3) is 0 Å². The van der Waals surface area contributed by atoms with Gasteiger partial charge in [-0.1, -0.05) is 6.42 Å². The minimum Gasteiger partial charge on any atom is -0.465 e. The molecule has 0 aromatic rings. The molecule has 0 unspecified atom stereocenters. The number of carbonyl (C=O) groups is 3. The van der Waals surface area contributed by atoms with Crippen LogP contribution in [0.15, 0.2) is 0 Å². The molecule has 0 atom stereocenters. The van der Waals surface area contributed by atoms with Crippen LogP contribution < -0.4 is 0 Å². The highest BCUT2D eigenvalue weighted by molar-refractivity contribution is 5.87. The van der Waals surface area contributed by atoms with Crippen molar-refractivity contribution in [1.82, 2.24) is 9.80 Å². The van der Waals surface area contributed by atoms with Crippen LogP contribution in [-0.2, 0) is 19.1 Å². The first-order valence-corrected chi connectivity index (χ1v) is 6.72. The van der Waals surface area contributed by atoms with Gasteiger partial charge in [0, 0.05) is 20.0 Å². The Kier molecular flexibility index (Phi) is 6.32. The van der Waals surface area contributed by atoms with Crippen molar-refractivity contribution in [3.8, 4) is 0 Å². The summed E-state index contributed by atoms with van der Waals surface area (Å²) in [5.41, 5.74) is 0. The number of carbonyl (C=O) groups excluding carboxylic acids is 3. The summed E-state index contributed by atoms with van der Waals surface area (Å²) in [6.07, 6.45) is 3.35. The van der Waals surface area contributed by atoms with Crippen molar-refractivity contribution < 1.29 is 19.1 Å². The number of likely N-dealkylation sites (tertiary alicyclic amines) is 1. The van der Waals surface area contributed by atoms with E-state index in [9.17, 15) is 14.4 Å². The van der Waals surface area contributed by atoms with Crippen LogP contribution in [0.2, 0.25) is 0 Å². The largest absolute Gasteiger partial charge is 0.465 e. The average Bonchev–Trinajstić information content (AvgIpc) is 2.55. The Balaban J connectivity index is 2.44. The summed E-state index contributed by atoms with van der Waals surface area (Å²) in [4.78, 5) is 37.8. The zero-order valence-electron chi connectivity index (χ0n) is 11.7. The van der Waals surface area contributed by atoms with Gasteiger partial charge in [-0.05, 0) is 19.8 Å². The minimum atomic E-state index is -0.430. The van der Waals surface area contributed by atoms with Crippen LogP contribution >= 0.6 is 0 Å². The predicted octanol–water partition coefficient (Wildman–Crippen LogP) is 0.410. The molecule has 1 fully saturated rings. The number of likely N-dealkylation sites (N-methyl/N-ethyl adjacent to an activating group) is 1. The van der Waals surface area contributed by atoms with Gasteiger partial charge in [0.2, 0.25) is 11.8 Å². The lowest BCUT2D eigenvalue weighted by Gasteiger charge is -2.23. The van der Waals surface area contributed by atoms with Gasteiger partial charge in [0.25, 0.3) is 0 Å². The molecule has 6 nitrogen and oxygen atoms in total. The third-order valence-corrected chi connectivity index (χ3v) is 3.09. The molecular formula is C13H22N2O4. The van der Waals surface area contributed by atoms with E-state index in [2.05, 4.69) is 0 Å². The van der Waals surface area contributed by atoms with Gasteiger partial charge in [0.05, 0.1) is 13.2 Å². The second-order valence-electron chi connectivity index (χ2n) is 4.68. The number of hydrogen-bond acceptors (Lipinski definition) is 4. The molecular weight excluding hydrogens is 248 g/mol. The number of ether oxygens (including phenoxy) is 1. The molecule has 0 bridgehead atoms. The fourth-order valence-electron chi connectivity index (χ4n) is 1.98. The van der Waals surface area contributed by atoms with E-state index in [4.69, 9.17) is 4.74 Å². The van der Waals surface area contributed by atoms with Crippen molar-refractivity contribution in [3.05, 3.63) is 0 Å². The van der Waals surface area contributed by atoms with E-state index >= 15 is 0 Å². The summed E-state index contributed by atoms with van der Waals surface area (Å²) in [6.45, 7) is 2.61. The first-order valence-electron chi connectivity index (χ1n) is 6.72. The smallest absolute Gasteiger partial charge is 0.325 e. The molecule has 0 radical (unpaired) electrons. The van der Waals surface area contributed by atoms with Crippen molar-refractivity contribution in [2.75, 3.05) is 33.3 Å².